The second-order valence-electron chi connectivity index (χ2n) is 5.04. The van der Waals surface area contributed by atoms with E-state index in [1.807, 2.05) is 0 Å². The van der Waals surface area contributed by atoms with E-state index in [4.69, 9.17) is 4.74 Å². The maximum atomic E-state index is 12.5. The predicted molar refractivity (Wildman–Crippen MR) is 76.7 cm³/mol. The SMILES string of the molecule is COc1cc(Br)c2c(c1)C(=O)N(C1CCC(=O)NC1=O)C2. The Morgan fingerprint density at radius 1 is 1.33 bits per heavy atom. The first-order chi connectivity index (χ1) is 10.0. The molecule has 2 heterocycles. The van der Waals surface area contributed by atoms with Crippen LogP contribution < -0.4 is 10.1 Å². The van der Waals surface area contributed by atoms with Gasteiger partial charge in [0.05, 0.1) is 7.11 Å². The molecule has 0 aliphatic carbocycles. The lowest BCUT2D eigenvalue weighted by molar-refractivity contribution is -0.136. The third-order valence-corrected chi connectivity index (χ3v) is 4.52. The topological polar surface area (TPSA) is 75.7 Å². The van der Waals surface area contributed by atoms with E-state index in [0.29, 0.717) is 24.3 Å². The summed E-state index contributed by atoms with van der Waals surface area (Å²) in [6, 6.07) is 2.87. The fourth-order valence-corrected chi connectivity index (χ4v) is 3.27. The van der Waals surface area contributed by atoms with Gasteiger partial charge < -0.3 is 9.64 Å². The number of benzene rings is 1. The van der Waals surface area contributed by atoms with Gasteiger partial charge in [-0.2, -0.15) is 0 Å². The van der Waals surface area contributed by atoms with Crippen molar-refractivity contribution in [3.8, 4) is 5.75 Å². The number of nitrogens with one attached hydrogen (secondary N) is 1. The van der Waals surface area contributed by atoms with Gasteiger partial charge in [-0.25, -0.2) is 0 Å². The van der Waals surface area contributed by atoms with Crippen molar-refractivity contribution in [2.45, 2.75) is 25.4 Å². The molecule has 3 rings (SSSR count). The lowest BCUT2D eigenvalue weighted by Crippen LogP contribution is -2.52. The number of nitrogens with zero attached hydrogens (tertiary/aromatic N) is 1. The largest absolute Gasteiger partial charge is 0.497 e. The van der Waals surface area contributed by atoms with Gasteiger partial charge in [-0.3, -0.25) is 19.7 Å². The lowest BCUT2D eigenvalue weighted by atomic mass is 10.0. The highest BCUT2D eigenvalue weighted by Crippen LogP contribution is 2.35. The van der Waals surface area contributed by atoms with Crippen LogP contribution in [-0.2, 0) is 16.1 Å². The Morgan fingerprint density at radius 3 is 2.76 bits per heavy atom. The normalized spacial score (nSPS) is 21.3. The Balaban J connectivity index is 1.92. The molecular weight excluding hydrogens is 340 g/mol. The van der Waals surface area contributed by atoms with Crippen molar-refractivity contribution < 1.29 is 19.1 Å². The quantitative estimate of drug-likeness (QED) is 0.812. The molecule has 1 unspecified atom stereocenters. The first kappa shape index (κ1) is 14.1. The summed E-state index contributed by atoms with van der Waals surface area (Å²) in [4.78, 5) is 37.2. The van der Waals surface area contributed by atoms with Crippen LogP contribution in [0.2, 0.25) is 0 Å². The molecule has 1 aromatic rings. The number of rotatable bonds is 2. The summed E-state index contributed by atoms with van der Waals surface area (Å²) in [5.41, 5.74) is 1.37. The van der Waals surface area contributed by atoms with Gasteiger partial charge in [0, 0.05) is 23.0 Å². The summed E-state index contributed by atoms with van der Waals surface area (Å²) in [5, 5.41) is 2.28. The summed E-state index contributed by atoms with van der Waals surface area (Å²) < 4.78 is 5.94. The molecule has 3 amide bonds. The maximum Gasteiger partial charge on any atom is 0.255 e. The standard InChI is InChI=1S/C14H13BrN2O4/c1-21-7-4-8-9(10(15)5-7)6-17(14(8)20)11-2-3-12(18)16-13(11)19/h4-5,11H,2-3,6H2,1H3,(H,16,18,19). The Labute approximate surface area is 129 Å². The molecule has 0 radical (unpaired) electrons. The van der Waals surface area contributed by atoms with Crippen LogP contribution in [-0.4, -0.2) is 35.8 Å². The molecule has 2 aliphatic rings. The van der Waals surface area contributed by atoms with Crippen molar-refractivity contribution in [1.29, 1.82) is 0 Å². The Kier molecular flexibility index (Phi) is 3.44. The fraction of sp³-hybridized carbons (Fsp3) is 0.357. The molecule has 0 bridgehead atoms. The molecule has 1 saturated heterocycles. The summed E-state index contributed by atoms with van der Waals surface area (Å²) >= 11 is 3.43. The minimum Gasteiger partial charge on any atom is -0.497 e. The van der Waals surface area contributed by atoms with Crippen LogP contribution in [0.5, 0.6) is 5.75 Å². The van der Waals surface area contributed by atoms with Gasteiger partial charge in [-0.1, -0.05) is 15.9 Å². The zero-order chi connectivity index (χ0) is 15.1. The van der Waals surface area contributed by atoms with Crippen LogP contribution in [0.1, 0.15) is 28.8 Å². The molecule has 0 spiro atoms. The minimum atomic E-state index is -0.597. The second-order valence-corrected chi connectivity index (χ2v) is 5.89. The number of imide groups is 1. The molecule has 0 aromatic heterocycles. The van der Waals surface area contributed by atoms with E-state index in [1.165, 1.54) is 12.0 Å². The molecule has 7 heteroatoms. The highest BCUT2D eigenvalue weighted by atomic mass is 79.9. The first-order valence-electron chi connectivity index (χ1n) is 6.52. The van der Waals surface area contributed by atoms with E-state index in [1.54, 1.807) is 12.1 Å². The van der Waals surface area contributed by atoms with Gasteiger partial charge in [0.15, 0.2) is 0 Å². The van der Waals surface area contributed by atoms with Crippen molar-refractivity contribution in [2.24, 2.45) is 0 Å². The fourth-order valence-electron chi connectivity index (χ4n) is 2.71. The molecule has 1 aromatic carbocycles. The molecule has 110 valence electrons. The second kappa shape index (κ2) is 5.14. The van der Waals surface area contributed by atoms with E-state index in [0.717, 1.165) is 10.0 Å². The summed E-state index contributed by atoms with van der Waals surface area (Å²) in [5.74, 6) is -0.322. The van der Waals surface area contributed by atoms with E-state index >= 15 is 0 Å². The highest BCUT2D eigenvalue weighted by Gasteiger charge is 2.39. The zero-order valence-electron chi connectivity index (χ0n) is 11.3. The van der Waals surface area contributed by atoms with E-state index in [9.17, 15) is 14.4 Å². The molecule has 1 atom stereocenters. The van der Waals surface area contributed by atoms with Gasteiger partial charge in [0.25, 0.3) is 5.91 Å². The summed E-state index contributed by atoms with van der Waals surface area (Å²) in [6.07, 6.45) is 0.611. The van der Waals surface area contributed by atoms with Crippen molar-refractivity contribution in [2.75, 3.05) is 7.11 Å². The van der Waals surface area contributed by atoms with E-state index in [-0.39, 0.29) is 18.2 Å². The number of hydrogen-bond acceptors (Lipinski definition) is 4. The van der Waals surface area contributed by atoms with E-state index < -0.39 is 11.9 Å². The van der Waals surface area contributed by atoms with Crippen LogP contribution in [0.25, 0.3) is 0 Å². The molecular formula is C14H13BrN2O4. The van der Waals surface area contributed by atoms with Crippen molar-refractivity contribution in [1.82, 2.24) is 10.2 Å². The number of fused-ring (bicyclic) bond motifs is 1. The number of amides is 3. The molecule has 1 fully saturated rings. The van der Waals surface area contributed by atoms with Crippen LogP contribution in [0.15, 0.2) is 16.6 Å². The van der Waals surface area contributed by atoms with Crippen LogP contribution in [0.4, 0.5) is 0 Å². The van der Waals surface area contributed by atoms with Gasteiger partial charge in [0.1, 0.15) is 11.8 Å². The molecule has 21 heavy (non-hydrogen) atoms. The highest BCUT2D eigenvalue weighted by molar-refractivity contribution is 9.10. The maximum absolute atomic E-state index is 12.5. The van der Waals surface area contributed by atoms with Gasteiger partial charge in [-0.15, -0.1) is 0 Å². The molecule has 2 aliphatic heterocycles. The first-order valence-corrected chi connectivity index (χ1v) is 7.31. The van der Waals surface area contributed by atoms with Crippen LogP contribution in [0.3, 0.4) is 0 Å². The molecule has 0 saturated carbocycles. The van der Waals surface area contributed by atoms with Gasteiger partial charge in [0.2, 0.25) is 11.8 Å². The third-order valence-electron chi connectivity index (χ3n) is 3.81. The lowest BCUT2D eigenvalue weighted by Gasteiger charge is -2.29. The Bertz CT molecular complexity index is 659. The van der Waals surface area contributed by atoms with E-state index in [2.05, 4.69) is 21.2 Å². The van der Waals surface area contributed by atoms with Gasteiger partial charge >= 0.3 is 0 Å². The average Bonchev–Trinajstić information content (AvgIpc) is 2.77. The number of halogens is 1. The van der Waals surface area contributed by atoms with Crippen molar-refractivity contribution in [3.05, 3.63) is 27.7 Å². The molecule has 1 N–H and O–H groups in total. The summed E-state index contributed by atoms with van der Waals surface area (Å²) in [7, 11) is 1.53. The minimum absolute atomic E-state index is 0.209. The predicted octanol–water partition coefficient (Wildman–Crippen LogP) is 1.22. The number of piperidine rings is 1. The number of ether oxygens (including phenoxy) is 1. The Morgan fingerprint density at radius 2 is 2.10 bits per heavy atom. The number of carbonyl (C=O) groups excluding carboxylic acids is 3. The van der Waals surface area contributed by atoms with Crippen molar-refractivity contribution in [3.63, 3.8) is 0 Å². The van der Waals surface area contributed by atoms with Crippen molar-refractivity contribution >= 4 is 33.7 Å². The number of carbonyl (C=O) groups is 3. The van der Waals surface area contributed by atoms with Gasteiger partial charge in [-0.05, 0) is 24.1 Å². The monoisotopic (exact) mass is 352 g/mol. The number of methoxy groups -OCH3 is 1. The van der Waals surface area contributed by atoms with Crippen LogP contribution >= 0.6 is 15.9 Å². The third kappa shape index (κ3) is 2.31. The zero-order valence-corrected chi connectivity index (χ0v) is 12.9. The average molecular weight is 353 g/mol. The smallest absolute Gasteiger partial charge is 0.255 e. The Hall–Kier alpha value is -1.89. The van der Waals surface area contributed by atoms with Crippen LogP contribution in [0, 0.1) is 0 Å². The number of hydrogen-bond donors (Lipinski definition) is 1. The summed E-state index contributed by atoms with van der Waals surface area (Å²) in [6.45, 7) is 0.352. The molecule has 6 nitrogen and oxygen atoms in total.